The highest BCUT2D eigenvalue weighted by atomic mass is 32.2. The standard InChI is InChI=1S/C9H14N2OS2/c1-6(5-13-2)11-9(12)8-7(10)3-4-14-8/h3-4,6H,5,10H2,1-2H3,(H,11,12). The molecule has 1 unspecified atom stereocenters. The second-order valence-corrected chi connectivity index (χ2v) is 4.86. The van der Waals surface area contributed by atoms with Gasteiger partial charge in [0.15, 0.2) is 0 Å². The van der Waals surface area contributed by atoms with Gasteiger partial charge in [-0.05, 0) is 24.6 Å². The van der Waals surface area contributed by atoms with E-state index in [9.17, 15) is 4.79 Å². The van der Waals surface area contributed by atoms with Crippen molar-refractivity contribution in [3.63, 3.8) is 0 Å². The second kappa shape index (κ2) is 5.26. The van der Waals surface area contributed by atoms with Crippen LogP contribution in [0.1, 0.15) is 16.6 Å². The maximum Gasteiger partial charge on any atom is 0.263 e. The molecule has 1 aromatic rings. The lowest BCUT2D eigenvalue weighted by atomic mass is 10.3. The summed E-state index contributed by atoms with van der Waals surface area (Å²) in [6.07, 6.45) is 2.02. The highest BCUT2D eigenvalue weighted by Crippen LogP contribution is 2.18. The van der Waals surface area contributed by atoms with Gasteiger partial charge in [0.1, 0.15) is 4.88 Å². The summed E-state index contributed by atoms with van der Waals surface area (Å²) in [5, 5.41) is 4.72. The van der Waals surface area contributed by atoms with Crippen molar-refractivity contribution in [2.24, 2.45) is 0 Å². The van der Waals surface area contributed by atoms with E-state index in [2.05, 4.69) is 5.32 Å². The summed E-state index contributed by atoms with van der Waals surface area (Å²) in [5.41, 5.74) is 6.19. The zero-order chi connectivity index (χ0) is 10.6. The minimum absolute atomic E-state index is 0.0703. The Bertz CT molecular complexity index is 312. The first-order valence-corrected chi connectivity index (χ1v) is 6.55. The van der Waals surface area contributed by atoms with Crippen LogP contribution < -0.4 is 11.1 Å². The van der Waals surface area contributed by atoms with E-state index in [-0.39, 0.29) is 11.9 Å². The summed E-state index contributed by atoms with van der Waals surface area (Å²) in [6, 6.07) is 1.93. The van der Waals surface area contributed by atoms with Gasteiger partial charge in [-0.25, -0.2) is 0 Å². The van der Waals surface area contributed by atoms with Crippen LogP contribution in [0, 0.1) is 0 Å². The van der Waals surface area contributed by atoms with Crippen molar-refractivity contribution >= 4 is 34.7 Å². The van der Waals surface area contributed by atoms with Crippen LogP contribution in [0.15, 0.2) is 11.4 Å². The number of nitrogens with one attached hydrogen (secondary N) is 1. The lowest BCUT2D eigenvalue weighted by Crippen LogP contribution is -2.34. The number of carbonyl (C=O) groups excluding carboxylic acids is 1. The Kier molecular flexibility index (Phi) is 4.28. The van der Waals surface area contributed by atoms with Crippen LogP contribution in [0.4, 0.5) is 5.69 Å². The van der Waals surface area contributed by atoms with E-state index in [1.807, 2.05) is 18.6 Å². The second-order valence-electron chi connectivity index (χ2n) is 3.03. The van der Waals surface area contributed by atoms with Crippen molar-refractivity contribution < 1.29 is 4.79 Å². The van der Waals surface area contributed by atoms with Crippen molar-refractivity contribution in [2.75, 3.05) is 17.7 Å². The first kappa shape index (κ1) is 11.4. The van der Waals surface area contributed by atoms with E-state index < -0.39 is 0 Å². The monoisotopic (exact) mass is 230 g/mol. The van der Waals surface area contributed by atoms with Gasteiger partial charge in [-0.1, -0.05) is 0 Å². The molecule has 1 heterocycles. The topological polar surface area (TPSA) is 55.1 Å². The molecule has 78 valence electrons. The predicted molar refractivity (Wildman–Crippen MR) is 64.0 cm³/mol. The van der Waals surface area contributed by atoms with E-state index in [0.717, 1.165) is 5.75 Å². The molecule has 0 aliphatic rings. The molecule has 3 N–H and O–H groups in total. The van der Waals surface area contributed by atoms with Crippen molar-refractivity contribution in [3.05, 3.63) is 16.3 Å². The third-order valence-corrected chi connectivity index (χ3v) is 3.46. The van der Waals surface area contributed by atoms with E-state index in [1.54, 1.807) is 17.8 Å². The number of amides is 1. The average Bonchev–Trinajstić information content (AvgIpc) is 2.51. The van der Waals surface area contributed by atoms with Crippen LogP contribution in [-0.4, -0.2) is 24.0 Å². The molecule has 5 heteroatoms. The third-order valence-electron chi connectivity index (χ3n) is 1.70. The molecule has 0 fully saturated rings. The summed E-state index contributed by atoms with van der Waals surface area (Å²) in [7, 11) is 0. The van der Waals surface area contributed by atoms with Gasteiger partial charge in [0.25, 0.3) is 5.91 Å². The zero-order valence-electron chi connectivity index (χ0n) is 8.24. The van der Waals surface area contributed by atoms with Gasteiger partial charge in [0, 0.05) is 11.8 Å². The Morgan fingerprint density at radius 1 is 1.79 bits per heavy atom. The van der Waals surface area contributed by atoms with Crippen molar-refractivity contribution in [3.8, 4) is 0 Å². The van der Waals surface area contributed by atoms with Gasteiger partial charge in [-0.15, -0.1) is 11.3 Å². The van der Waals surface area contributed by atoms with Gasteiger partial charge in [-0.2, -0.15) is 11.8 Å². The summed E-state index contributed by atoms with van der Waals surface area (Å²) < 4.78 is 0. The molecular formula is C9H14N2OS2. The molecule has 0 saturated carbocycles. The molecule has 3 nitrogen and oxygen atoms in total. The quantitative estimate of drug-likeness (QED) is 0.829. The zero-order valence-corrected chi connectivity index (χ0v) is 9.87. The van der Waals surface area contributed by atoms with Gasteiger partial charge >= 0.3 is 0 Å². The number of nitrogen functional groups attached to an aromatic ring is 1. The Labute approximate surface area is 92.1 Å². The normalized spacial score (nSPS) is 12.4. The van der Waals surface area contributed by atoms with E-state index in [0.29, 0.717) is 10.6 Å². The number of thiophene rings is 1. The maximum atomic E-state index is 11.6. The van der Waals surface area contributed by atoms with Crippen LogP contribution >= 0.6 is 23.1 Å². The molecule has 0 aromatic carbocycles. The number of thioether (sulfide) groups is 1. The molecular weight excluding hydrogens is 216 g/mol. The van der Waals surface area contributed by atoms with E-state index in [1.165, 1.54) is 11.3 Å². The minimum atomic E-state index is -0.0703. The Hall–Kier alpha value is -0.680. The molecule has 1 aromatic heterocycles. The van der Waals surface area contributed by atoms with E-state index in [4.69, 9.17) is 5.73 Å². The fourth-order valence-corrected chi connectivity index (χ4v) is 2.39. The van der Waals surface area contributed by atoms with Crippen molar-refractivity contribution in [2.45, 2.75) is 13.0 Å². The molecule has 0 radical (unpaired) electrons. The van der Waals surface area contributed by atoms with Gasteiger partial charge in [0.05, 0.1) is 5.69 Å². The highest BCUT2D eigenvalue weighted by Gasteiger charge is 2.13. The molecule has 1 rings (SSSR count). The number of hydrogen-bond acceptors (Lipinski definition) is 4. The molecule has 0 saturated heterocycles. The minimum Gasteiger partial charge on any atom is -0.397 e. The fourth-order valence-electron chi connectivity index (χ4n) is 1.08. The van der Waals surface area contributed by atoms with Crippen LogP contribution in [0.25, 0.3) is 0 Å². The highest BCUT2D eigenvalue weighted by molar-refractivity contribution is 7.98. The number of anilines is 1. The number of nitrogens with two attached hydrogens (primary N) is 1. The van der Waals surface area contributed by atoms with Crippen molar-refractivity contribution in [1.82, 2.24) is 5.32 Å². The first-order valence-electron chi connectivity index (χ1n) is 4.28. The molecule has 14 heavy (non-hydrogen) atoms. The van der Waals surface area contributed by atoms with Gasteiger partial charge < -0.3 is 11.1 Å². The van der Waals surface area contributed by atoms with Crippen LogP contribution in [0.2, 0.25) is 0 Å². The predicted octanol–water partition coefficient (Wildman–Crippen LogP) is 1.81. The summed E-state index contributed by atoms with van der Waals surface area (Å²) in [6.45, 7) is 1.98. The van der Waals surface area contributed by atoms with Crippen LogP contribution in [-0.2, 0) is 0 Å². The molecule has 1 atom stereocenters. The largest absolute Gasteiger partial charge is 0.397 e. The van der Waals surface area contributed by atoms with Crippen molar-refractivity contribution in [1.29, 1.82) is 0 Å². The summed E-state index contributed by atoms with van der Waals surface area (Å²) in [4.78, 5) is 12.2. The maximum absolute atomic E-state index is 11.6. The number of hydrogen-bond donors (Lipinski definition) is 2. The third kappa shape index (κ3) is 2.92. The average molecular weight is 230 g/mol. The molecule has 1 amide bonds. The smallest absolute Gasteiger partial charge is 0.263 e. The molecule has 0 aliphatic heterocycles. The SMILES string of the molecule is CSCC(C)NC(=O)c1sccc1N. The summed E-state index contributed by atoms with van der Waals surface area (Å²) >= 11 is 3.08. The Morgan fingerprint density at radius 3 is 3.00 bits per heavy atom. The molecule has 0 spiro atoms. The van der Waals surface area contributed by atoms with Gasteiger partial charge in [0.2, 0.25) is 0 Å². The molecule has 0 aliphatic carbocycles. The van der Waals surface area contributed by atoms with Crippen LogP contribution in [0.3, 0.4) is 0 Å². The lowest BCUT2D eigenvalue weighted by Gasteiger charge is -2.11. The Morgan fingerprint density at radius 2 is 2.50 bits per heavy atom. The Balaban J connectivity index is 2.55. The number of rotatable bonds is 4. The number of carbonyl (C=O) groups is 1. The van der Waals surface area contributed by atoms with Crippen LogP contribution in [0.5, 0.6) is 0 Å². The summed E-state index contributed by atoms with van der Waals surface area (Å²) in [5.74, 6) is 0.843. The van der Waals surface area contributed by atoms with Gasteiger partial charge in [-0.3, -0.25) is 4.79 Å². The lowest BCUT2D eigenvalue weighted by molar-refractivity contribution is 0.0948. The first-order chi connectivity index (χ1) is 6.65. The fraction of sp³-hybridized carbons (Fsp3) is 0.444. The molecule has 0 bridgehead atoms. The van der Waals surface area contributed by atoms with E-state index >= 15 is 0 Å².